The summed E-state index contributed by atoms with van der Waals surface area (Å²) in [5.74, 6) is 1.04. The zero-order valence-electron chi connectivity index (χ0n) is 14.4. The molecule has 0 aliphatic carbocycles. The number of rotatable bonds is 2. The Morgan fingerprint density at radius 3 is 2.71 bits per heavy atom. The van der Waals surface area contributed by atoms with Crippen molar-refractivity contribution in [2.24, 2.45) is 0 Å². The number of aromatic amines is 1. The van der Waals surface area contributed by atoms with Crippen molar-refractivity contribution in [2.45, 2.75) is 46.1 Å². The number of aromatic nitrogens is 4. The second-order valence-electron chi connectivity index (χ2n) is 6.49. The summed E-state index contributed by atoms with van der Waals surface area (Å²) < 4.78 is 0. The van der Waals surface area contributed by atoms with Crippen molar-refractivity contribution in [3.63, 3.8) is 0 Å². The molecular formula is C17H21N5O2. The SMILES string of the molecule is Cc1cc(=O)[nH]c([C@]2(C)CCCN2C(=O)c2cnc(C)nc2C)n1. The van der Waals surface area contributed by atoms with E-state index < -0.39 is 5.54 Å². The highest BCUT2D eigenvalue weighted by molar-refractivity contribution is 5.95. The van der Waals surface area contributed by atoms with E-state index in [4.69, 9.17) is 0 Å². The highest BCUT2D eigenvalue weighted by Gasteiger charge is 2.43. The third-order valence-corrected chi connectivity index (χ3v) is 4.60. The first-order chi connectivity index (χ1) is 11.3. The van der Waals surface area contributed by atoms with Gasteiger partial charge in [0.05, 0.1) is 16.8 Å². The molecule has 1 atom stereocenters. The molecule has 1 amide bonds. The minimum absolute atomic E-state index is 0.128. The van der Waals surface area contributed by atoms with E-state index in [-0.39, 0.29) is 11.5 Å². The van der Waals surface area contributed by atoms with E-state index in [2.05, 4.69) is 19.9 Å². The summed E-state index contributed by atoms with van der Waals surface area (Å²) >= 11 is 0. The molecule has 3 heterocycles. The second-order valence-corrected chi connectivity index (χ2v) is 6.49. The molecule has 126 valence electrons. The van der Waals surface area contributed by atoms with Gasteiger partial charge in [0.25, 0.3) is 11.5 Å². The number of carbonyl (C=O) groups is 1. The normalized spacial score (nSPS) is 20.4. The van der Waals surface area contributed by atoms with Gasteiger partial charge in [-0.3, -0.25) is 9.59 Å². The van der Waals surface area contributed by atoms with Crippen LogP contribution in [0.2, 0.25) is 0 Å². The number of nitrogens with one attached hydrogen (secondary N) is 1. The van der Waals surface area contributed by atoms with Gasteiger partial charge >= 0.3 is 0 Å². The minimum atomic E-state index is -0.639. The first-order valence-corrected chi connectivity index (χ1v) is 8.02. The molecule has 1 aliphatic heterocycles. The number of likely N-dealkylation sites (tertiary alicyclic amines) is 1. The van der Waals surface area contributed by atoms with Crippen molar-refractivity contribution in [3.8, 4) is 0 Å². The van der Waals surface area contributed by atoms with E-state index in [0.717, 1.165) is 12.8 Å². The van der Waals surface area contributed by atoms with Crippen LogP contribution in [-0.2, 0) is 5.54 Å². The lowest BCUT2D eigenvalue weighted by Gasteiger charge is -2.34. The Bertz CT molecular complexity index is 860. The molecule has 1 N–H and O–H groups in total. The van der Waals surface area contributed by atoms with Gasteiger partial charge < -0.3 is 9.88 Å². The molecule has 1 saturated heterocycles. The number of aryl methyl sites for hydroxylation is 3. The molecule has 0 unspecified atom stereocenters. The quantitative estimate of drug-likeness (QED) is 0.905. The van der Waals surface area contributed by atoms with Crippen molar-refractivity contribution in [2.75, 3.05) is 6.54 Å². The summed E-state index contributed by atoms with van der Waals surface area (Å²) in [6.07, 6.45) is 3.17. The number of carbonyl (C=O) groups excluding carboxylic acids is 1. The summed E-state index contributed by atoms with van der Waals surface area (Å²) in [4.78, 5) is 42.4. The molecule has 1 aliphatic rings. The molecule has 2 aromatic heterocycles. The van der Waals surface area contributed by atoms with Crippen LogP contribution in [0.4, 0.5) is 0 Å². The highest BCUT2D eigenvalue weighted by Crippen LogP contribution is 2.37. The fraction of sp³-hybridized carbons (Fsp3) is 0.471. The van der Waals surface area contributed by atoms with Crippen molar-refractivity contribution < 1.29 is 4.79 Å². The van der Waals surface area contributed by atoms with Gasteiger partial charge in [-0.25, -0.2) is 15.0 Å². The molecule has 7 heteroatoms. The Hall–Kier alpha value is -2.57. The van der Waals surface area contributed by atoms with Gasteiger partial charge in [-0.1, -0.05) is 0 Å². The van der Waals surface area contributed by atoms with Crippen LogP contribution in [0, 0.1) is 20.8 Å². The van der Waals surface area contributed by atoms with Crippen molar-refractivity contribution in [1.29, 1.82) is 0 Å². The Balaban J connectivity index is 2.03. The molecule has 0 bridgehead atoms. The van der Waals surface area contributed by atoms with E-state index in [0.29, 0.717) is 35.1 Å². The number of hydrogen-bond donors (Lipinski definition) is 1. The van der Waals surface area contributed by atoms with E-state index in [9.17, 15) is 9.59 Å². The first-order valence-electron chi connectivity index (χ1n) is 8.02. The van der Waals surface area contributed by atoms with E-state index in [1.807, 2.05) is 13.8 Å². The summed E-state index contributed by atoms with van der Waals surface area (Å²) in [6, 6.07) is 1.45. The molecular weight excluding hydrogens is 306 g/mol. The number of hydrogen-bond acceptors (Lipinski definition) is 5. The predicted molar refractivity (Wildman–Crippen MR) is 88.7 cm³/mol. The second kappa shape index (κ2) is 5.81. The average Bonchev–Trinajstić information content (AvgIpc) is 2.89. The Morgan fingerprint density at radius 2 is 2.04 bits per heavy atom. The third-order valence-electron chi connectivity index (χ3n) is 4.60. The van der Waals surface area contributed by atoms with Crippen LogP contribution in [0.25, 0.3) is 0 Å². The zero-order chi connectivity index (χ0) is 17.5. The van der Waals surface area contributed by atoms with Crippen molar-refractivity contribution in [1.82, 2.24) is 24.8 Å². The smallest absolute Gasteiger partial charge is 0.258 e. The van der Waals surface area contributed by atoms with E-state index in [1.165, 1.54) is 6.07 Å². The Morgan fingerprint density at radius 1 is 1.29 bits per heavy atom. The van der Waals surface area contributed by atoms with E-state index in [1.54, 1.807) is 24.9 Å². The molecule has 0 radical (unpaired) electrons. The van der Waals surface area contributed by atoms with Crippen LogP contribution >= 0.6 is 0 Å². The molecule has 7 nitrogen and oxygen atoms in total. The molecule has 0 aromatic carbocycles. The fourth-order valence-corrected chi connectivity index (χ4v) is 3.31. The molecule has 0 spiro atoms. The molecule has 0 saturated carbocycles. The standard InChI is InChI=1S/C17H21N5O2/c1-10-8-14(23)21-16(19-10)17(4)6-5-7-22(17)15(24)13-9-18-12(3)20-11(13)2/h8-9H,5-7H2,1-4H3,(H,19,21,23)/t17-/m0/s1. The van der Waals surface area contributed by atoms with Gasteiger partial charge in [0.2, 0.25) is 0 Å². The van der Waals surface area contributed by atoms with Gasteiger partial charge in [-0.05, 0) is 40.5 Å². The largest absolute Gasteiger partial charge is 0.326 e. The predicted octanol–water partition coefficient (Wildman–Crippen LogP) is 1.64. The Labute approximate surface area is 140 Å². The van der Waals surface area contributed by atoms with Gasteiger partial charge in [-0.2, -0.15) is 0 Å². The maximum atomic E-state index is 13.1. The Kier molecular flexibility index (Phi) is 3.95. The maximum absolute atomic E-state index is 13.1. The van der Waals surface area contributed by atoms with Gasteiger partial charge in [0, 0.05) is 24.5 Å². The topological polar surface area (TPSA) is 91.8 Å². The highest BCUT2D eigenvalue weighted by atomic mass is 16.2. The fourth-order valence-electron chi connectivity index (χ4n) is 3.31. The van der Waals surface area contributed by atoms with E-state index >= 15 is 0 Å². The maximum Gasteiger partial charge on any atom is 0.258 e. The first kappa shape index (κ1) is 16.3. The van der Waals surface area contributed by atoms with Crippen LogP contribution in [0.5, 0.6) is 0 Å². The number of H-pyrrole nitrogens is 1. The summed E-state index contributed by atoms with van der Waals surface area (Å²) in [6.45, 7) is 7.94. The van der Waals surface area contributed by atoms with Crippen LogP contribution in [-0.4, -0.2) is 37.3 Å². The lowest BCUT2D eigenvalue weighted by Crippen LogP contribution is -2.45. The molecule has 1 fully saturated rings. The lowest BCUT2D eigenvalue weighted by atomic mass is 9.96. The molecule has 3 rings (SSSR count). The summed E-state index contributed by atoms with van der Waals surface area (Å²) in [5, 5.41) is 0. The van der Waals surface area contributed by atoms with Crippen LogP contribution in [0.15, 0.2) is 17.1 Å². The van der Waals surface area contributed by atoms with Gasteiger partial charge in [-0.15, -0.1) is 0 Å². The summed E-state index contributed by atoms with van der Waals surface area (Å²) in [5.41, 5.74) is 0.952. The van der Waals surface area contributed by atoms with Crippen LogP contribution < -0.4 is 5.56 Å². The lowest BCUT2D eigenvalue weighted by molar-refractivity contribution is 0.0601. The zero-order valence-corrected chi connectivity index (χ0v) is 14.4. The van der Waals surface area contributed by atoms with Crippen molar-refractivity contribution >= 4 is 5.91 Å². The monoisotopic (exact) mass is 327 g/mol. The summed E-state index contributed by atoms with van der Waals surface area (Å²) in [7, 11) is 0. The average molecular weight is 327 g/mol. The molecule has 24 heavy (non-hydrogen) atoms. The number of nitrogens with zero attached hydrogens (tertiary/aromatic N) is 4. The van der Waals surface area contributed by atoms with Crippen LogP contribution in [0.1, 0.15) is 53.2 Å². The van der Waals surface area contributed by atoms with Crippen molar-refractivity contribution in [3.05, 3.63) is 51.2 Å². The van der Waals surface area contributed by atoms with Gasteiger partial charge in [0.15, 0.2) is 0 Å². The van der Waals surface area contributed by atoms with Crippen LogP contribution in [0.3, 0.4) is 0 Å². The third kappa shape index (κ3) is 2.70. The minimum Gasteiger partial charge on any atom is -0.326 e. The molecule has 2 aromatic rings. The number of amides is 1. The van der Waals surface area contributed by atoms with Gasteiger partial charge in [0.1, 0.15) is 11.6 Å².